The Morgan fingerprint density at radius 1 is 0.239 bits per heavy atom. The molecule has 668 valence electrons. The van der Waals surface area contributed by atoms with Crippen LogP contribution in [-0.2, 0) is 172 Å². The maximum absolute atomic E-state index is 10.3. The number of nitrogens with zero attached hydrogens (tertiary/aromatic N) is 4. The zero-order chi connectivity index (χ0) is 91.2. The number of unbranched alkanes of at least 4 members (excludes halogenated alkanes) is 27. The van der Waals surface area contributed by atoms with Crippen molar-refractivity contribution >= 4 is 47.8 Å². The van der Waals surface area contributed by atoms with E-state index in [1.54, 1.807) is 72.8 Å². The van der Waals surface area contributed by atoms with E-state index >= 15 is 0 Å². The molecule has 0 aliphatic rings. The number of pyridine rings is 4. The summed E-state index contributed by atoms with van der Waals surface area (Å²) in [5.41, 5.74) is 44.1. The van der Waals surface area contributed by atoms with Crippen molar-refractivity contribution in [3.05, 3.63) is 153 Å². The first kappa shape index (κ1) is 131. The van der Waals surface area contributed by atoms with Gasteiger partial charge in [0.15, 0.2) is 0 Å². The Balaban J connectivity index is -0.000000135. The Morgan fingerprint density at radius 2 is 0.333 bits per heavy atom. The monoisotopic (exact) mass is 1810 g/mol. The van der Waals surface area contributed by atoms with Gasteiger partial charge in [-0.15, -0.1) is 0 Å². The fourth-order valence-electron chi connectivity index (χ4n) is 9.05. The van der Waals surface area contributed by atoms with E-state index in [1.165, 1.54) is 173 Å². The van der Waals surface area contributed by atoms with Crippen LogP contribution in [0.1, 0.15) is 299 Å². The number of hydrogen-bond acceptors (Lipinski definition) is 16. The molecular formula is C81H140N10O22V4-2. The first-order chi connectivity index (χ1) is 56.1. The third-order valence-electron chi connectivity index (χ3n) is 14.5. The molecule has 0 bridgehead atoms. The van der Waals surface area contributed by atoms with Gasteiger partial charge in [0.25, 0.3) is 0 Å². The molecule has 36 heteroatoms. The van der Waals surface area contributed by atoms with Gasteiger partial charge in [-0.25, -0.2) is 0 Å². The summed E-state index contributed by atoms with van der Waals surface area (Å²) in [5.74, 6) is -7.85. The van der Waals surface area contributed by atoms with E-state index in [-0.39, 0.29) is 51.4 Å². The molecule has 4 rings (SSSR count). The van der Waals surface area contributed by atoms with Crippen molar-refractivity contribution < 1.29 is 170 Å². The fraction of sp³-hybridized carbons (Fsp3) is 0.654. The van der Waals surface area contributed by atoms with Crippen LogP contribution in [0.5, 0.6) is 0 Å². The number of rotatable bonds is 49. The Labute approximate surface area is 729 Å². The molecule has 0 unspecified atom stereocenters. The van der Waals surface area contributed by atoms with Crippen molar-refractivity contribution in [3.8, 4) is 0 Å². The number of nitrogens with one attached hydrogen (secondary N) is 6. The van der Waals surface area contributed by atoms with Crippen LogP contribution in [0.3, 0.4) is 0 Å². The van der Waals surface area contributed by atoms with Crippen molar-refractivity contribution in [2.45, 2.75) is 305 Å². The second-order valence-corrected chi connectivity index (χ2v) is 25.8. The molecule has 16 N–H and O–H groups in total. The van der Waals surface area contributed by atoms with Gasteiger partial charge in [0.2, 0.25) is 0 Å². The number of carboxylic acid groups (broad SMARTS) is 8. The second kappa shape index (κ2) is 114. The standard InChI is InChI=1S/4C9H9NO4.3C8H18N.3C7H16N.2H2O.4O.4V/c4*11-8(12)4-6-2-1-3-7(10-6)5-9(13)14;3*1-2-3-4-5-6-7-8-9;3*1-2-3-4-5-6-7-8;;;;;;;;;;/h4*1-3H,4-5H2,(H,11,12)(H,13,14);3*9H,2-8H2,1H3;3*8H,2-7H2,1H3;2*1H2;;;;;;;;/q;;;;6*-1;;;;;;;2*+1;2*+2/p-2. The number of hydrogen-bond donors (Lipinski definition) is 10. The molecule has 4 heterocycles. The molecule has 0 fully saturated rings. The topological polar surface area (TPSA) is 602 Å². The molecule has 0 saturated heterocycles. The summed E-state index contributed by atoms with van der Waals surface area (Å²) in [4.78, 5) is 98.3. The summed E-state index contributed by atoms with van der Waals surface area (Å²) in [7, 11) is 0. The van der Waals surface area contributed by atoms with Crippen LogP contribution in [0.2, 0.25) is 0 Å². The van der Waals surface area contributed by atoms with Gasteiger partial charge in [0, 0.05) is 0 Å². The number of carboxylic acids is 8. The number of carbonyl (C=O) groups is 8. The van der Waals surface area contributed by atoms with Gasteiger partial charge in [-0.1, -0.05) is 278 Å². The van der Waals surface area contributed by atoms with Crippen molar-refractivity contribution in [3.63, 3.8) is 0 Å². The molecule has 4 aromatic heterocycles. The predicted molar refractivity (Wildman–Crippen MR) is 436 cm³/mol. The Bertz CT molecular complexity index is 2410. The average molecular weight is 1810 g/mol. The van der Waals surface area contributed by atoms with Crippen LogP contribution in [0, 0.1) is 0 Å². The van der Waals surface area contributed by atoms with E-state index in [4.69, 9.17) is 98.0 Å². The van der Waals surface area contributed by atoms with E-state index in [0.717, 1.165) is 73.3 Å². The van der Waals surface area contributed by atoms with E-state index in [0.29, 0.717) is 84.8 Å². The third kappa shape index (κ3) is 130. The van der Waals surface area contributed by atoms with Gasteiger partial charge in [-0.2, -0.15) is 39.3 Å². The molecule has 117 heavy (non-hydrogen) atoms. The van der Waals surface area contributed by atoms with Gasteiger partial charge in [-0.05, 0) is 48.5 Å². The third-order valence-corrected chi connectivity index (χ3v) is 14.5. The Kier molecular flexibility index (Phi) is 128. The predicted octanol–water partition coefficient (Wildman–Crippen LogP) is 19.0. The molecule has 0 atom stereocenters. The van der Waals surface area contributed by atoms with Gasteiger partial charge >= 0.3 is 138 Å². The molecule has 0 spiro atoms. The quantitative estimate of drug-likeness (QED) is 0.0184. The summed E-state index contributed by atoms with van der Waals surface area (Å²) in [6.45, 7) is 17.0. The van der Waals surface area contributed by atoms with Crippen LogP contribution < -0.4 is 0 Å². The van der Waals surface area contributed by atoms with E-state index in [2.05, 4.69) is 61.5 Å². The zero-order valence-corrected chi connectivity index (χ0v) is 75.7. The van der Waals surface area contributed by atoms with Crippen molar-refractivity contribution in [2.75, 3.05) is 39.3 Å². The molecule has 0 aliphatic heterocycles. The summed E-state index contributed by atoms with van der Waals surface area (Å²) >= 11 is -1.00. The van der Waals surface area contributed by atoms with E-state index in [1.807, 2.05) is 0 Å². The van der Waals surface area contributed by atoms with Gasteiger partial charge < -0.3 is 75.3 Å². The minimum absolute atomic E-state index is 0.187. The second-order valence-electron chi connectivity index (χ2n) is 25.3. The molecule has 0 amide bonds. The van der Waals surface area contributed by atoms with Crippen LogP contribution in [0.15, 0.2) is 72.8 Å². The number of aromatic nitrogens is 4. The fourth-order valence-corrected chi connectivity index (χ4v) is 9.05. The number of aliphatic carboxylic acids is 8. The summed E-state index contributed by atoms with van der Waals surface area (Å²) < 4.78 is 47.8. The normalized spacial score (nSPS) is 9.28. The van der Waals surface area contributed by atoms with Crippen molar-refractivity contribution in [2.24, 2.45) is 0 Å². The van der Waals surface area contributed by atoms with Crippen LogP contribution in [-0.4, -0.2) is 156 Å². The average Bonchev–Trinajstić information content (AvgIpc) is 0.921. The molecule has 0 radical (unpaired) electrons. The summed E-state index contributed by atoms with van der Waals surface area (Å²) in [6, 6.07) is 18.8. The molecular weight excluding hydrogens is 1670 g/mol. The molecule has 0 aliphatic carbocycles. The van der Waals surface area contributed by atoms with Gasteiger partial charge in [0.1, 0.15) is 0 Å². The summed E-state index contributed by atoms with van der Waals surface area (Å²) in [5, 5.41) is 67.9. The Morgan fingerprint density at radius 3 is 0.419 bits per heavy atom. The van der Waals surface area contributed by atoms with Crippen molar-refractivity contribution in [1.29, 1.82) is 0 Å². The molecule has 0 aromatic carbocycles. The Hall–Kier alpha value is -6.42. The van der Waals surface area contributed by atoms with Crippen LogP contribution in [0.4, 0.5) is 0 Å². The van der Waals surface area contributed by atoms with Crippen molar-refractivity contribution in [1.82, 2.24) is 19.9 Å². The van der Waals surface area contributed by atoms with Gasteiger partial charge in [0.05, 0.1) is 96.9 Å². The van der Waals surface area contributed by atoms with Gasteiger partial charge in [-0.3, -0.25) is 58.3 Å². The first-order valence-corrected chi connectivity index (χ1v) is 43.4. The zero-order valence-electron chi connectivity index (χ0n) is 70.1. The SMILES string of the molecule is CCCCCCCC[NH-].CCCCCCCC[NH-].CCCCCCCC[NH-].CCCCCCC[NH-].CCCCCCC[NH-].CCCCCCC[NH-].O=C(O)Cc1cccc(CC(=O)O)n1.O=C(O)Cc1cccc(CC(=O)O)n1.O=C(O)Cc1cccc(CC(=O)O)n1.O=C(O)Cc1cccc(CC(=O)O)n1.[O]=[V+2].[O]=[V+2].[O]=[V][OH].[O]=[V][OH]. The van der Waals surface area contributed by atoms with Crippen LogP contribution >= 0.6 is 0 Å². The summed E-state index contributed by atoms with van der Waals surface area (Å²) in [6.07, 6.45) is 40.8. The maximum atomic E-state index is 10.3. The first-order valence-electron chi connectivity index (χ1n) is 39.8. The molecule has 32 nitrogen and oxygen atoms in total. The molecule has 0 saturated carbocycles. The molecule has 4 aromatic rings. The van der Waals surface area contributed by atoms with Crippen LogP contribution in [0.25, 0.3) is 34.4 Å². The van der Waals surface area contributed by atoms with E-state index < -0.39 is 80.9 Å². The minimum atomic E-state index is -1.56. The van der Waals surface area contributed by atoms with E-state index in [9.17, 15) is 38.4 Å².